The van der Waals surface area contributed by atoms with Crippen molar-refractivity contribution in [1.29, 1.82) is 0 Å². The Bertz CT molecular complexity index is 1190. The molecule has 0 fully saturated rings. The van der Waals surface area contributed by atoms with E-state index in [9.17, 15) is 13.2 Å². The number of amides is 1. The van der Waals surface area contributed by atoms with Gasteiger partial charge in [0.05, 0.1) is 6.61 Å². The molecule has 0 unspecified atom stereocenters. The zero-order valence-electron chi connectivity index (χ0n) is 19.5. The number of carbonyl (C=O) groups excluding carboxylic acids is 1. The third kappa shape index (κ3) is 6.12. The Morgan fingerprint density at radius 2 is 1.74 bits per heavy atom. The normalized spacial score (nSPS) is 11.3. The van der Waals surface area contributed by atoms with E-state index in [1.165, 1.54) is 10.4 Å². The molecule has 0 spiro atoms. The average molecular weight is 484 g/mol. The van der Waals surface area contributed by atoms with Crippen molar-refractivity contribution < 1.29 is 22.7 Å². The van der Waals surface area contributed by atoms with Gasteiger partial charge in [-0.3, -0.25) is 9.78 Å². The third-order valence-electron chi connectivity index (χ3n) is 5.07. The van der Waals surface area contributed by atoms with Crippen molar-refractivity contribution in [3.05, 3.63) is 78.1 Å². The largest absolute Gasteiger partial charge is 0.492 e. The molecule has 0 aliphatic carbocycles. The Balaban J connectivity index is 1.75. The minimum atomic E-state index is -3.78. The summed E-state index contributed by atoms with van der Waals surface area (Å²) in [6.45, 7) is 6.69. The number of aromatic nitrogens is 1. The molecule has 3 aromatic rings. The zero-order chi connectivity index (χ0) is 24.6. The van der Waals surface area contributed by atoms with E-state index in [1.807, 2.05) is 12.1 Å². The molecule has 0 saturated heterocycles. The van der Waals surface area contributed by atoms with Gasteiger partial charge in [0, 0.05) is 42.3 Å². The molecular formula is C25H29N3O5S. The predicted octanol–water partition coefficient (Wildman–Crippen LogP) is 4.34. The number of ether oxygens (including phenoxy) is 2. The molecule has 0 radical (unpaired) electrons. The van der Waals surface area contributed by atoms with E-state index in [-0.39, 0.29) is 16.6 Å². The van der Waals surface area contributed by atoms with Gasteiger partial charge in [-0.25, -0.2) is 8.42 Å². The highest BCUT2D eigenvalue weighted by molar-refractivity contribution is 7.89. The van der Waals surface area contributed by atoms with Gasteiger partial charge in [-0.1, -0.05) is 19.9 Å². The highest BCUT2D eigenvalue weighted by Gasteiger charge is 2.26. The molecular weight excluding hydrogens is 454 g/mol. The zero-order valence-corrected chi connectivity index (χ0v) is 20.3. The van der Waals surface area contributed by atoms with Crippen molar-refractivity contribution in [3.8, 4) is 11.5 Å². The number of nitrogens with zero attached hydrogens (tertiary/aromatic N) is 2. The molecule has 2 aromatic carbocycles. The summed E-state index contributed by atoms with van der Waals surface area (Å²) in [4.78, 5) is 16.8. The minimum Gasteiger partial charge on any atom is -0.492 e. The number of carbonyl (C=O) groups is 1. The first kappa shape index (κ1) is 25.2. The van der Waals surface area contributed by atoms with Gasteiger partial charge in [-0.05, 0) is 55.5 Å². The Kier molecular flexibility index (Phi) is 8.61. The number of hydrogen-bond donors (Lipinski definition) is 1. The Morgan fingerprint density at radius 3 is 2.35 bits per heavy atom. The molecule has 1 aromatic heterocycles. The van der Waals surface area contributed by atoms with Crippen LogP contribution >= 0.6 is 0 Å². The molecule has 34 heavy (non-hydrogen) atoms. The molecule has 3 rings (SSSR count). The van der Waals surface area contributed by atoms with Crippen LogP contribution in [0.1, 0.15) is 36.7 Å². The smallest absolute Gasteiger partial charge is 0.255 e. The molecule has 1 amide bonds. The Hall–Kier alpha value is -3.43. The van der Waals surface area contributed by atoms with Gasteiger partial charge in [0.2, 0.25) is 10.0 Å². The van der Waals surface area contributed by atoms with Crippen LogP contribution in [0.2, 0.25) is 0 Å². The number of hydrogen-bond acceptors (Lipinski definition) is 6. The molecule has 1 N–H and O–H groups in total. The van der Waals surface area contributed by atoms with Crippen molar-refractivity contribution in [1.82, 2.24) is 9.29 Å². The molecule has 8 nitrogen and oxygen atoms in total. The minimum absolute atomic E-state index is 0.0231. The van der Waals surface area contributed by atoms with Gasteiger partial charge < -0.3 is 14.8 Å². The summed E-state index contributed by atoms with van der Waals surface area (Å²) in [5.74, 6) is 0.505. The van der Waals surface area contributed by atoms with Gasteiger partial charge in [-0.15, -0.1) is 0 Å². The van der Waals surface area contributed by atoms with Crippen LogP contribution in [0.5, 0.6) is 11.5 Å². The highest BCUT2D eigenvalue weighted by atomic mass is 32.2. The first-order valence-electron chi connectivity index (χ1n) is 11.1. The number of nitrogens with one attached hydrogen (secondary N) is 1. The van der Waals surface area contributed by atoms with Crippen LogP contribution in [0.25, 0.3) is 0 Å². The maximum Gasteiger partial charge on any atom is 0.255 e. The first-order valence-corrected chi connectivity index (χ1v) is 12.5. The third-order valence-corrected chi connectivity index (χ3v) is 7.14. The quantitative estimate of drug-likeness (QED) is 0.436. The van der Waals surface area contributed by atoms with E-state index in [4.69, 9.17) is 9.47 Å². The van der Waals surface area contributed by atoms with Gasteiger partial charge >= 0.3 is 0 Å². The lowest BCUT2D eigenvalue weighted by Crippen LogP contribution is -2.31. The lowest BCUT2D eigenvalue weighted by Gasteiger charge is -2.21. The molecule has 0 atom stereocenters. The molecule has 0 bridgehead atoms. The summed E-state index contributed by atoms with van der Waals surface area (Å²) in [6, 6.07) is 15.1. The summed E-state index contributed by atoms with van der Waals surface area (Å²) in [5, 5.41) is 2.77. The molecule has 1 heterocycles. The van der Waals surface area contributed by atoms with E-state index in [1.54, 1.807) is 69.6 Å². The highest BCUT2D eigenvalue weighted by Crippen LogP contribution is 2.30. The fourth-order valence-corrected chi connectivity index (χ4v) is 4.94. The van der Waals surface area contributed by atoms with Crippen LogP contribution in [-0.2, 0) is 16.6 Å². The second-order valence-corrected chi connectivity index (χ2v) is 9.22. The van der Waals surface area contributed by atoms with Crippen LogP contribution in [0, 0.1) is 0 Å². The predicted molar refractivity (Wildman–Crippen MR) is 131 cm³/mol. The fourth-order valence-electron chi connectivity index (χ4n) is 3.32. The molecule has 180 valence electrons. The Morgan fingerprint density at radius 1 is 1.00 bits per heavy atom. The van der Waals surface area contributed by atoms with Gasteiger partial charge in [0.15, 0.2) is 0 Å². The summed E-state index contributed by atoms with van der Waals surface area (Å²) in [7, 11) is -3.78. The van der Waals surface area contributed by atoms with Gasteiger partial charge in [0.1, 0.15) is 23.0 Å². The molecule has 0 saturated carbocycles. The standard InChI is InChI=1S/C25H29N3O5S/c1-4-28(5-2)34(30,31)24-16-21(11-14-23(24)32-6-3)27-25(29)20-9-12-22(13-10-20)33-18-19-8-7-15-26-17-19/h7-17H,4-6,18H2,1-3H3,(H,27,29). The number of sulfonamides is 1. The molecule has 0 aliphatic rings. The van der Waals surface area contributed by atoms with E-state index in [0.29, 0.717) is 43.3 Å². The summed E-state index contributed by atoms with van der Waals surface area (Å²) in [6.07, 6.45) is 3.43. The van der Waals surface area contributed by atoms with Crippen molar-refractivity contribution >= 4 is 21.6 Å². The number of rotatable bonds is 11. The monoisotopic (exact) mass is 483 g/mol. The van der Waals surface area contributed by atoms with Crippen LogP contribution < -0.4 is 14.8 Å². The van der Waals surface area contributed by atoms with E-state index in [2.05, 4.69) is 10.3 Å². The lowest BCUT2D eigenvalue weighted by molar-refractivity contribution is 0.102. The Labute approximate surface area is 200 Å². The second-order valence-electron chi connectivity index (χ2n) is 7.31. The van der Waals surface area contributed by atoms with Crippen LogP contribution in [0.15, 0.2) is 71.9 Å². The lowest BCUT2D eigenvalue weighted by atomic mass is 10.2. The van der Waals surface area contributed by atoms with Crippen molar-refractivity contribution in [2.75, 3.05) is 25.0 Å². The number of benzene rings is 2. The second kappa shape index (κ2) is 11.6. The van der Waals surface area contributed by atoms with Crippen LogP contribution in [0.3, 0.4) is 0 Å². The molecule has 9 heteroatoms. The number of pyridine rings is 1. The van der Waals surface area contributed by atoms with Gasteiger partial charge in [0.25, 0.3) is 5.91 Å². The van der Waals surface area contributed by atoms with Crippen LogP contribution in [-0.4, -0.2) is 43.3 Å². The maximum absolute atomic E-state index is 13.1. The SMILES string of the molecule is CCOc1ccc(NC(=O)c2ccc(OCc3cccnc3)cc2)cc1S(=O)(=O)N(CC)CC. The summed E-state index contributed by atoms with van der Waals surface area (Å²) in [5.41, 5.74) is 1.71. The van der Waals surface area contributed by atoms with E-state index in [0.717, 1.165) is 5.56 Å². The summed E-state index contributed by atoms with van der Waals surface area (Å²) >= 11 is 0. The number of anilines is 1. The first-order chi connectivity index (χ1) is 16.4. The molecule has 0 aliphatic heterocycles. The average Bonchev–Trinajstić information content (AvgIpc) is 2.85. The topological polar surface area (TPSA) is 97.8 Å². The van der Waals surface area contributed by atoms with Crippen molar-refractivity contribution in [2.24, 2.45) is 0 Å². The van der Waals surface area contributed by atoms with Gasteiger partial charge in [-0.2, -0.15) is 4.31 Å². The fraction of sp³-hybridized carbons (Fsp3) is 0.280. The van der Waals surface area contributed by atoms with Crippen molar-refractivity contribution in [2.45, 2.75) is 32.3 Å². The van der Waals surface area contributed by atoms with E-state index >= 15 is 0 Å². The summed E-state index contributed by atoms with van der Waals surface area (Å²) < 4.78 is 38.8. The van der Waals surface area contributed by atoms with Crippen molar-refractivity contribution in [3.63, 3.8) is 0 Å². The maximum atomic E-state index is 13.1. The van der Waals surface area contributed by atoms with Crippen LogP contribution in [0.4, 0.5) is 5.69 Å². The van der Waals surface area contributed by atoms with E-state index < -0.39 is 10.0 Å².